The maximum atomic E-state index is 12.2. The molecular formula is C16H16N2O2. The average Bonchev–Trinajstić information content (AvgIpc) is 2.90. The van der Waals surface area contributed by atoms with Crippen molar-refractivity contribution in [2.45, 2.75) is 12.8 Å². The van der Waals surface area contributed by atoms with E-state index in [1.54, 1.807) is 7.05 Å². The summed E-state index contributed by atoms with van der Waals surface area (Å²) in [5, 5.41) is 7.32. The maximum Gasteiger partial charge on any atom is 0.252 e. The summed E-state index contributed by atoms with van der Waals surface area (Å²) in [6.45, 7) is -0.00172. The molecule has 2 amide bonds. The lowest BCUT2D eigenvalue weighted by Crippen LogP contribution is -2.35. The summed E-state index contributed by atoms with van der Waals surface area (Å²) in [6, 6.07) is 9.95. The van der Waals surface area contributed by atoms with Gasteiger partial charge in [0.15, 0.2) is 0 Å². The number of carbonyl (C=O) groups is 2. The van der Waals surface area contributed by atoms with Crippen LogP contribution in [0.2, 0.25) is 0 Å². The summed E-state index contributed by atoms with van der Waals surface area (Å²) in [5.41, 5.74) is 3.24. The second-order valence-electron chi connectivity index (χ2n) is 4.97. The van der Waals surface area contributed by atoms with Gasteiger partial charge >= 0.3 is 0 Å². The molecule has 0 saturated carbocycles. The van der Waals surface area contributed by atoms with Gasteiger partial charge in [-0.05, 0) is 40.8 Å². The molecule has 0 fully saturated rings. The van der Waals surface area contributed by atoms with Crippen LogP contribution in [0, 0.1) is 0 Å². The molecule has 2 N–H and O–H groups in total. The summed E-state index contributed by atoms with van der Waals surface area (Å²) in [4.78, 5) is 23.4. The lowest BCUT2D eigenvalue weighted by atomic mass is 9.99. The van der Waals surface area contributed by atoms with E-state index >= 15 is 0 Å². The van der Waals surface area contributed by atoms with Crippen LogP contribution in [0.15, 0.2) is 30.3 Å². The highest BCUT2D eigenvalue weighted by Crippen LogP contribution is 2.32. The summed E-state index contributed by atoms with van der Waals surface area (Å²) >= 11 is 0. The number of hydrogen-bond donors (Lipinski definition) is 2. The fraction of sp³-hybridized carbons (Fsp3) is 0.250. The van der Waals surface area contributed by atoms with Crippen LogP contribution in [0.5, 0.6) is 0 Å². The predicted molar refractivity (Wildman–Crippen MR) is 77.8 cm³/mol. The van der Waals surface area contributed by atoms with Crippen molar-refractivity contribution in [1.82, 2.24) is 10.6 Å². The van der Waals surface area contributed by atoms with Gasteiger partial charge in [-0.25, -0.2) is 0 Å². The average molecular weight is 268 g/mol. The Morgan fingerprint density at radius 3 is 2.60 bits per heavy atom. The molecule has 0 aliphatic heterocycles. The number of carbonyl (C=O) groups excluding carboxylic acids is 2. The minimum absolute atomic E-state index is 0.00172. The fourth-order valence-electron chi connectivity index (χ4n) is 2.79. The second kappa shape index (κ2) is 4.96. The van der Waals surface area contributed by atoms with Crippen molar-refractivity contribution in [3.05, 3.63) is 47.0 Å². The van der Waals surface area contributed by atoms with E-state index in [1.807, 2.05) is 24.3 Å². The highest BCUT2D eigenvalue weighted by Gasteiger charge is 2.18. The molecule has 2 aromatic rings. The van der Waals surface area contributed by atoms with Crippen LogP contribution < -0.4 is 10.6 Å². The first kappa shape index (κ1) is 12.7. The fourth-order valence-corrected chi connectivity index (χ4v) is 2.79. The third kappa shape index (κ3) is 2.03. The Morgan fingerprint density at radius 2 is 1.85 bits per heavy atom. The standard InChI is InChI=1S/C16H16N2O2/c1-17-14(19)9-18-16(20)13-8-7-11-6-5-10-3-2-4-12(13)15(10)11/h2-4,7-8H,5-6,9H2,1H3,(H,17,19)(H,18,20). The minimum Gasteiger partial charge on any atom is -0.358 e. The van der Waals surface area contributed by atoms with Gasteiger partial charge in [-0.1, -0.05) is 24.3 Å². The van der Waals surface area contributed by atoms with E-state index in [1.165, 1.54) is 16.5 Å². The van der Waals surface area contributed by atoms with Gasteiger partial charge in [0.2, 0.25) is 5.91 Å². The first-order chi connectivity index (χ1) is 9.70. The van der Waals surface area contributed by atoms with E-state index in [0.29, 0.717) is 5.56 Å². The third-order valence-electron chi connectivity index (χ3n) is 3.81. The van der Waals surface area contributed by atoms with E-state index in [-0.39, 0.29) is 18.4 Å². The van der Waals surface area contributed by atoms with Crippen LogP contribution in [-0.4, -0.2) is 25.4 Å². The van der Waals surface area contributed by atoms with E-state index in [2.05, 4.69) is 16.7 Å². The minimum atomic E-state index is -0.204. The molecule has 3 rings (SSSR count). The maximum absolute atomic E-state index is 12.2. The Kier molecular flexibility index (Phi) is 3.14. The SMILES string of the molecule is CNC(=O)CNC(=O)c1ccc2c3c(cccc13)CC2. The van der Waals surface area contributed by atoms with Gasteiger partial charge in [-0.3, -0.25) is 9.59 Å². The Hall–Kier alpha value is -2.36. The Morgan fingerprint density at radius 1 is 1.10 bits per heavy atom. The van der Waals surface area contributed by atoms with Crippen LogP contribution in [0.3, 0.4) is 0 Å². The molecule has 0 saturated heterocycles. The van der Waals surface area contributed by atoms with Crippen LogP contribution in [0.25, 0.3) is 10.8 Å². The molecule has 0 radical (unpaired) electrons. The topological polar surface area (TPSA) is 58.2 Å². The quantitative estimate of drug-likeness (QED) is 0.884. The Balaban J connectivity index is 1.97. The molecule has 0 aromatic heterocycles. The molecular weight excluding hydrogens is 252 g/mol. The number of likely N-dealkylation sites (N-methyl/N-ethyl adjacent to an activating group) is 1. The number of rotatable bonds is 3. The molecule has 0 spiro atoms. The van der Waals surface area contributed by atoms with Crippen LogP contribution >= 0.6 is 0 Å². The number of aryl methyl sites for hydroxylation is 2. The lowest BCUT2D eigenvalue weighted by molar-refractivity contribution is -0.119. The number of hydrogen-bond acceptors (Lipinski definition) is 2. The smallest absolute Gasteiger partial charge is 0.252 e. The van der Waals surface area contributed by atoms with Gasteiger partial charge in [0.25, 0.3) is 5.91 Å². The van der Waals surface area contributed by atoms with Crippen molar-refractivity contribution in [2.24, 2.45) is 0 Å². The van der Waals surface area contributed by atoms with Crippen molar-refractivity contribution in [2.75, 3.05) is 13.6 Å². The molecule has 2 aromatic carbocycles. The van der Waals surface area contributed by atoms with Gasteiger partial charge < -0.3 is 10.6 Å². The highest BCUT2D eigenvalue weighted by atomic mass is 16.2. The van der Waals surface area contributed by atoms with E-state index in [4.69, 9.17) is 0 Å². The zero-order chi connectivity index (χ0) is 14.1. The van der Waals surface area contributed by atoms with Gasteiger partial charge in [-0.2, -0.15) is 0 Å². The molecule has 0 atom stereocenters. The van der Waals surface area contributed by atoms with Crippen molar-refractivity contribution >= 4 is 22.6 Å². The molecule has 20 heavy (non-hydrogen) atoms. The van der Waals surface area contributed by atoms with Crippen molar-refractivity contribution in [3.63, 3.8) is 0 Å². The molecule has 102 valence electrons. The largest absolute Gasteiger partial charge is 0.358 e. The number of benzene rings is 2. The molecule has 4 nitrogen and oxygen atoms in total. The first-order valence-electron chi connectivity index (χ1n) is 6.73. The molecule has 0 unspecified atom stereocenters. The summed E-state index contributed by atoms with van der Waals surface area (Å²) in [6.07, 6.45) is 2.08. The van der Waals surface area contributed by atoms with Gasteiger partial charge in [0.05, 0.1) is 6.54 Å². The van der Waals surface area contributed by atoms with E-state index in [0.717, 1.165) is 18.2 Å². The zero-order valence-electron chi connectivity index (χ0n) is 11.3. The molecule has 4 heteroatoms. The Bertz CT molecular complexity index is 697. The number of nitrogens with one attached hydrogen (secondary N) is 2. The third-order valence-corrected chi connectivity index (χ3v) is 3.81. The van der Waals surface area contributed by atoms with Crippen molar-refractivity contribution in [3.8, 4) is 0 Å². The van der Waals surface area contributed by atoms with Crippen LogP contribution in [0.4, 0.5) is 0 Å². The number of amides is 2. The Labute approximate surface area is 117 Å². The molecule has 1 aliphatic carbocycles. The van der Waals surface area contributed by atoms with Gasteiger partial charge in [-0.15, -0.1) is 0 Å². The lowest BCUT2D eigenvalue weighted by Gasteiger charge is -2.09. The van der Waals surface area contributed by atoms with E-state index < -0.39 is 0 Å². The van der Waals surface area contributed by atoms with Gasteiger partial charge in [0.1, 0.15) is 0 Å². The van der Waals surface area contributed by atoms with Gasteiger partial charge in [0, 0.05) is 12.6 Å². The summed E-state index contributed by atoms with van der Waals surface area (Å²) in [7, 11) is 1.55. The summed E-state index contributed by atoms with van der Waals surface area (Å²) < 4.78 is 0. The monoisotopic (exact) mass is 268 g/mol. The molecule has 0 bridgehead atoms. The molecule has 1 aliphatic rings. The van der Waals surface area contributed by atoms with Crippen LogP contribution in [0.1, 0.15) is 21.5 Å². The normalized spacial score (nSPS) is 12.4. The molecule has 0 heterocycles. The second-order valence-corrected chi connectivity index (χ2v) is 4.97. The van der Waals surface area contributed by atoms with Crippen molar-refractivity contribution < 1.29 is 9.59 Å². The zero-order valence-corrected chi connectivity index (χ0v) is 11.3. The highest BCUT2D eigenvalue weighted by molar-refractivity contribution is 6.09. The first-order valence-corrected chi connectivity index (χ1v) is 6.73. The van der Waals surface area contributed by atoms with Crippen molar-refractivity contribution in [1.29, 1.82) is 0 Å². The predicted octanol–water partition coefficient (Wildman–Crippen LogP) is 1.41. The van der Waals surface area contributed by atoms with Crippen LogP contribution in [-0.2, 0) is 17.6 Å². The van der Waals surface area contributed by atoms with E-state index in [9.17, 15) is 9.59 Å². The summed E-state index contributed by atoms with van der Waals surface area (Å²) in [5.74, 6) is -0.409.